The van der Waals surface area contributed by atoms with Crippen LogP contribution in [0.1, 0.15) is 29.7 Å². The van der Waals surface area contributed by atoms with E-state index in [1.807, 2.05) is 18.2 Å². The van der Waals surface area contributed by atoms with Gasteiger partial charge in [-0.3, -0.25) is 9.98 Å². The van der Waals surface area contributed by atoms with E-state index in [0.29, 0.717) is 29.3 Å². The van der Waals surface area contributed by atoms with E-state index in [-0.39, 0.29) is 11.6 Å². The van der Waals surface area contributed by atoms with Crippen molar-refractivity contribution in [1.29, 1.82) is 0 Å². The van der Waals surface area contributed by atoms with Crippen LogP contribution < -0.4 is 21.7 Å². The summed E-state index contributed by atoms with van der Waals surface area (Å²) >= 11 is 0. The van der Waals surface area contributed by atoms with E-state index in [0.717, 1.165) is 18.3 Å². The molecule has 30 heavy (non-hydrogen) atoms. The third kappa shape index (κ3) is 3.57. The predicted molar refractivity (Wildman–Crippen MR) is 112 cm³/mol. The molecule has 9 heteroatoms. The van der Waals surface area contributed by atoms with Crippen molar-refractivity contribution in [2.75, 3.05) is 5.32 Å². The van der Waals surface area contributed by atoms with Crippen molar-refractivity contribution in [2.24, 2.45) is 4.99 Å². The molecule has 9 nitrogen and oxygen atoms in total. The summed E-state index contributed by atoms with van der Waals surface area (Å²) in [7, 11) is 0. The molecule has 1 aromatic carbocycles. The average Bonchev–Trinajstić information content (AvgIpc) is 3.36. The molecule has 0 spiro atoms. The number of aromatic nitrogens is 5. The number of aromatic amines is 2. The molecule has 152 valence electrons. The minimum atomic E-state index is -0.479. The second-order valence-corrected chi connectivity index (χ2v) is 7.46. The van der Waals surface area contributed by atoms with Gasteiger partial charge < -0.3 is 15.4 Å². The van der Waals surface area contributed by atoms with Gasteiger partial charge in [0.1, 0.15) is 11.5 Å². The van der Waals surface area contributed by atoms with Crippen molar-refractivity contribution in [3.05, 3.63) is 74.5 Å². The first-order valence-corrected chi connectivity index (χ1v) is 9.81. The number of nitrogens with one attached hydrogen (secondary N) is 3. The van der Waals surface area contributed by atoms with E-state index in [9.17, 15) is 9.90 Å². The zero-order valence-electron chi connectivity index (χ0n) is 16.4. The summed E-state index contributed by atoms with van der Waals surface area (Å²) in [5, 5.41) is 18.3. The van der Waals surface area contributed by atoms with Gasteiger partial charge in [0.2, 0.25) is 5.88 Å². The highest BCUT2D eigenvalue weighted by molar-refractivity contribution is 5.58. The first-order valence-electron chi connectivity index (χ1n) is 9.81. The second kappa shape index (κ2) is 7.18. The summed E-state index contributed by atoms with van der Waals surface area (Å²) in [4.78, 5) is 25.8. The molecule has 5 rings (SSSR count). The van der Waals surface area contributed by atoms with Crippen LogP contribution in [0, 0.1) is 6.92 Å². The third-order valence-corrected chi connectivity index (χ3v) is 5.10. The Kier molecular flexibility index (Phi) is 4.35. The minimum Gasteiger partial charge on any atom is -0.493 e. The van der Waals surface area contributed by atoms with E-state index in [1.54, 1.807) is 16.8 Å². The smallest absolute Gasteiger partial charge is 0.326 e. The first-order chi connectivity index (χ1) is 14.6. The summed E-state index contributed by atoms with van der Waals surface area (Å²) < 4.78 is 1.69. The number of benzene rings is 1. The van der Waals surface area contributed by atoms with E-state index in [1.165, 1.54) is 11.1 Å². The molecule has 0 unspecified atom stereocenters. The van der Waals surface area contributed by atoms with Crippen LogP contribution in [0.25, 0.3) is 11.7 Å². The van der Waals surface area contributed by atoms with Crippen molar-refractivity contribution < 1.29 is 5.11 Å². The highest BCUT2D eigenvalue weighted by Crippen LogP contribution is 2.22. The standard InChI is InChI=1S/C21H21N7O2/c1-12-4-2-3-5-13(12)10-22-17-9-18(24-15-6-7-15)28-19(26-17)14(11-23-28)8-16-20(29)27-21(30)25-16/h2-5,8-9,11,15,22,29H,6-7,10H2,1H3,(H2,25,27,30)/b14-8+,24-18?. The Morgan fingerprint density at radius 2 is 2.17 bits per heavy atom. The van der Waals surface area contributed by atoms with E-state index < -0.39 is 5.69 Å². The summed E-state index contributed by atoms with van der Waals surface area (Å²) in [6.45, 7) is 2.72. The van der Waals surface area contributed by atoms with Crippen LogP contribution in [0.15, 0.2) is 46.3 Å². The zero-order chi connectivity index (χ0) is 20.7. The lowest BCUT2D eigenvalue weighted by Crippen LogP contribution is -2.20. The van der Waals surface area contributed by atoms with Crippen LogP contribution in [0.5, 0.6) is 5.88 Å². The van der Waals surface area contributed by atoms with Crippen molar-refractivity contribution in [1.82, 2.24) is 24.6 Å². The molecule has 4 N–H and O–H groups in total. The molecular weight excluding hydrogens is 382 g/mol. The van der Waals surface area contributed by atoms with Gasteiger partial charge in [-0.05, 0) is 37.0 Å². The molecule has 3 aromatic heterocycles. The molecule has 1 fully saturated rings. The Morgan fingerprint density at radius 3 is 2.90 bits per heavy atom. The molecular formula is C21H21N7O2. The molecule has 0 saturated heterocycles. The normalized spacial score (nSPS) is 15.2. The van der Waals surface area contributed by atoms with Gasteiger partial charge in [-0.15, -0.1) is 0 Å². The van der Waals surface area contributed by atoms with E-state index >= 15 is 0 Å². The number of anilines is 1. The maximum absolute atomic E-state index is 11.4. The van der Waals surface area contributed by atoms with Crippen molar-refractivity contribution in [2.45, 2.75) is 32.4 Å². The average molecular weight is 403 g/mol. The summed E-state index contributed by atoms with van der Waals surface area (Å²) in [5.41, 5.74) is 3.50. The molecule has 0 aliphatic heterocycles. The van der Waals surface area contributed by atoms with Crippen LogP contribution in [0.2, 0.25) is 0 Å². The van der Waals surface area contributed by atoms with Crippen LogP contribution in [-0.2, 0) is 6.54 Å². The largest absolute Gasteiger partial charge is 0.493 e. The number of aryl methyl sites for hydroxylation is 1. The van der Waals surface area contributed by atoms with E-state index in [2.05, 4.69) is 39.4 Å². The number of nitrogens with zero attached hydrogens (tertiary/aromatic N) is 4. The minimum absolute atomic E-state index is 0.226. The fourth-order valence-corrected chi connectivity index (χ4v) is 3.28. The molecule has 0 bridgehead atoms. The van der Waals surface area contributed by atoms with Crippen LogP contribution >= 0.6 is 0 Å². The number of H-pyrrole nitrogens is 2. The van der Waals surface area contributed by atoms with Gasteiger partial charge in [-0.2, -0.15) is 9.61 Å². The van der Waals surface area contributed by atoms with Gasteiger partial charge in [0, 0.05) is 17.8 Å². The van der Waals surface area contributed by atoms with Crippen molar-refractivity contribution in [3.63, 3.8) is 0 Å². The molecule has 4 aromatic rings. The number of hydrogen-bond acceptors (Lipinski definition) is 6. The quantitative estimate of drug-likeness (QED) is 0.396. The summed E-state index contributed by atoms with van der Waals surface area (Å²) in [6.07, 6.45) is 5.43. The topological polar surface area (TPSA) is 123 Å². The maximum Gasteiger partial charge on any atom is 0.326 e. The SMILES string of the molecule is Cc1ccccc1CNc1cc(=NC2CC2)n2nc/c(=C\c3[nH]c(=O)[nH]c3O)c2n1. The molecule has 0 amide bonds. The van der Waals surface area contributed by atoms with Crippen LogP contribution in [0.3, 0.4) is 0 Å². The Hall–Kier alpha value is -3.88. The third-order valence-electron chi connectivity index (χ3n) is 5.10. The molecule has 3 heterocycles. The van der Waals surface area contributed by atoms with Gasteiger partial charge in [-0.1, -0.05) is 24.3 Å². The number of hydrogen-bond donors (Lipinski definition) is 4. The zero-order valence-corrected chi connectivity index (χ0v) is 16.4. The fraction of sp³-hybridized carbons (Fsp3) is 0.238. The summed E-state index contributed by atoms with van der Waals surface area (Å²) in [5.74, 6) is 0.461. The van der Waals surface area contributed by atoms with Crippen LogP contribution in [0.4, 0.5) is 5.82 Å². The van der Waals surface area contributed by atoms with Crippen molar-refractivity contribution in [3.8, 4) is 5.88 Å². The Labute approximate surface area is 170 Å². The molecule has 1 aliphatic rings. The lowest BCUT2D eigenvalue weighted by atomic mass is 10.1. The maximum atomic E-state index is 11.4. The second-order valence-electron chi connectivity index (χ2n) is 7.46. The van der Waals surface area contributed by atoms with Gasteiger partial charge in [0.25, 0.3) is 0 Å². The first kappa shape index (κ1) is 18.2. The fourth-order valence-electron chi connectivity index (χ4n) is 3.28. The van der Waals surface area contributed by atoms with Crippen molar-refractivity contribution >= 4 is 17.5 Å². The number of imidazole rings is 1. The van der Waals surface area contributed by atoms with Gasteiger partial charge in [0.15, 0.2) is 11.1 Å². The predicted octanol–water partition coefficient (Wildman–Crippen LogP) is 0.983. The Balaban J connectivity index is 1.60. The van der Waals surface area contributed by atoms with Crippen LogP contribution in [-0.4, -0.2) is 35.7 Å². The number of fused-ring (bicyclic) bond motifs is 1. The Bertz CT molecular complexity index is 1410. The summed E-state index contributed by atoms with van der Waals surface area (Å²) in [6, 6.07) is 10.4. The highest BCUT2D eigenvalue weighted by Gasteiger charge is 2.20. The highest BCUT2D eigenvalue weighted by atomic mass is 16.3. The molecule has 0 radical (unpaired) electrons. The monoisotopic (exact) mass is 403 g/mol. The van der Waals surface area contributed by atoms with E-state index in [4.69, 9.17) is 9.98 Å². The lowest BCUT2D eigenvalue weighted by molar-refractivity contribution is 0.454. The molecule has 0 atom stereocenters. The lowest BCUT2D eigenvalue weighted by Gasteiger charge is -2.08. The van der Waals surface area contributed by atoms with Gasteiger partial charge >= 0.3 is 5.69 Å². The van der Waals surface area contributed by atoms with Gasteiger partial charge in [0.05, 0.1) is 12.2 Å². The molecule has 1 saturated carbocycles. The Morgan fingerprint density at radius 1 is 1.33 bits per heavy atom. The number of aromatic hydroxyl groups is 1. The molecule has 1 aliphatic carbocycles. The van der Waals surface area contributed by atoms with Gasteiger partial charge in [-0.25, -0.2) is 9.78 Å². The number of rotatable bonds is 5.